The smallest absolute Gasteiger partial charge is 0.340 e. The molecule has 5 rings (SSSR count). The fourth-order valence-electron chi connectivity index (χ4n) is 4.36. The lowest BCUT2D eigenvalue weighted by molar-refractivity contribution is 0.0224. The number of hydrogen-bond acceptors (Lipinski definition) is 7. The van der Waals surface area contributed by atoms with Crippen LogP contribution in [-0.4, -0.2) is 32.3 Å². The summed E-state index contributed by atoms with van der Waals surface area (Å²) in [6, 6.07) is 18.6. The van der Waals surface area contributed by atoms with Gasteiger partial charge in [-0.25, -0.2) is 4.79 Å². The van der Waals surface area contributed by atoms with E-state index in [9.17, 15) is 4.79 Å². The van der Waals surface area contributed by atoms with Crippen molar-refractivity contribution in [2.24, 2.45) is 11.5 Å². The minimum atomic E-state index is -1.11. The van der Waals surface area contributed by atoms with Gasteiger partial charge < -0.3 is 30.4 Å². The van der Waals surface area contributed by atoms with Crippen LogP contribution in [0.15, 0.2) is 60.7 Å². The standard InChI is InChI=1S/C26H26N2O5/c27-11-3-13-30-17-7-9-21-23(15-17)32-24-16-18(31-14-4-12-28)8-10-22(24)26(21)20-6-2-1-5-19(20)25(29)33-26/h1-2,5-10,15-16H,3-4,11-14,27-28H2. The van der Waals surface area contributed by atoms with E-state index in [0.717, 1.165) is 29.5 Å². The lowest BCUT2D eigenvalue weighted by Crippen LogP contribution is -2.33. The van der Waals surface area contributed by atoms with E-state index < -0.39 is 5.60 Å². The summed E-state index contributed by atoms with van der Waals surface area (Å²) in [7, 11) is 0. The Morgan fingerprint density at radius 1 is 0.758 bits per heavy atom. The Morgan fingerprint density at radius 2 is 1.33 bits per heavy atom. The maximum atomic E-state index is 12.9. The van der Waals surface area contributed by atoms with Crippen molar-refractivity contribution in [3.05, 3.63) is 82.9 Å². The van der Waals surface area contributed by atoms with E-state index in [1.165, 1.54) is 0 Å². The summed E-state index contributed by atoms with van der Waals surface area (Å²) in [6.45, 7) is 2.12. The van der Waals surface area contributed by atoms with Gasteiger partial charge in [-0.3, -0.25) is 0 Å². The number of benzene rings is 3. The zero-order chi connectivity index (χ0) is 22.8. The molecule has 170 valence electrons. The number of ether oxygens (including phenoxy) is 4. The molecular weight excluding hydrogens is 420 g/mol. The molecule has 7 heteroatoms. The number of hydrogen-bond donors (Lipinski definition) is 2. The van der Waals surface area contributed by atoms with Crippen LogP contribution in [0.2, 0.25) is 0 Å². The van der Waals surface area contributed by atoms with E-state index in [0.29, 0.717) is 54.9 Å². The maximum Gasteiger partial charge on any atom is 0.340 e. The molecule has 3 aromatic carbocycles. The number of fused-ring (bicyclic) bond motifs is 6. The lowest BCUT2D eigenvalue weighted by Gasteiger charge is -2.36. The first kappa shape index (κ1) is 21.3. The molecule has 0 unspecified atom stereocenters. The minimum absolute atomic E-state index is 0.365. The van der Waals surface area contributed by atoms with Crippen LogP contribution < -0.4 is 25.7 Å². The monoisotopic (exact) mass is 446 g/mol. The van der Waals surface area contributed by atoms with Crippen molar-refractivity contribution < 1.29 is 23.7 Å². The Morgan fingerprint density at radius 3 is 1.91 bits per heavy atom. The van der Waals surface area contributed by atoms with Gasteiger partial charge in [0, 0.05) is 28.8 Å². The van der Waals surface area contributed by atoms with Crippen molar-refractivity contribution >= 4 is 5.97 Å². The Kier molecular flexibility index (Phi) is 5.66. The second-order valence-corrected chi connectivity index (χ2v) is 8.02. The number of carbonyl (C=O) groups excluding carboxylic acids is 1. The molecule has 0 aliphatic carbocycles. The van der Waals surface area contributed by atoms with Gasteiger partial charge in [0.05, 0.1) is 18.8 Å². The van der Waals surface area contributed by atoms with Crippen molar-refractivity contribution in [1.29, 1.82) is 0 Å². The van der Waals surface area contributed by atoms with Crippen LogP contribution in [0.25, 0.3) is 0 Å². The Bertz CT molecular complexity index is 1130. The SMILES string of the molecule is NCCCOc1ccc2c(c1)Oc1cc(OCCCN)ccc1C21OC(=O)c2ccccc21. The van der Waals surface area contributed by atoms with Crippen LogP contribution in [0.4, 0.5) is 0 Å². The normalized spacial score (nSPS) is 14.7. The van der Waals surface area contributed by atoms with E-state index in [4.69, 9.17) is 30.4 Å². The van der Waals surface area contributed by atoms with Crippen molar-refractivity contribution in [2.45, 2.75) is 18.4 Å². The molecule has 7 nitrogen and oxygen atoms in total. The molecule has 0 bridgehead atoms. The Balaban J connectivity index is 1.63. The predicted molar refractivity (Wildman–Crippen MR) is 123 cm³/mol. The first-order valence-electron chi connectivity index (χ1n) is 11.1. The Labute approximate surface area is 192 Å². The van der Waals surface area contributed by atoms with Crippen LogP contribution in [0, 0.1) is 0 Å². The van der Waals surface area contributed by atoms with Gasteiger partial charge in [0.1, 0.15) is 23.0 Å². The average Bonchev–Trinajstić information content (AvgIpc) is 3.12. The third kappa shape index (κ3) is 3.59. The first-order chi connectivity index (χ1) is 16.2. The molecule has 0 amide bonds. The highest BCUT2D eigenvalue weighted by atomic mass is 16.6. The van der Waals surface area contributed by atoms with Crippen LogP contribution in [0.3, 0.4) is 0 Å². The summed E-state index contributed by atoms with van der Waals surface area (Å²) < 4.78 is 24.1. The van der Waals surface area contributed by atoms with Gasteiger partial charge in [-0.15, -0.1) is 0 Å². The van der Waals surface area contributed by atoms with Crippen molar-refractivity contribution in [1.82, 2.24) is 0 Å². The largest absolute Gasteiger partial charge is 0.493 e. The van der Waals surface area contributed by atoms with Gasteiger partial charge in [-0.1, -0.05) is 18.2 Å². The molecule has 0 saturated carbocycles. The zero-order valence-electron chi connectivity index (χ0n) is 18.2. The van der Waals surface area contributed by atoms with E-state index in [-0.39, 0.29) is 5.97 Å². The number of nitrogens with two attached hydrogens (primary N) is 2. The molecule has 3 aromatic rings. The third-order valence-electron chi connectivity index (χ3n) is 5.89. The van der Waals surface area contributed by atoms with Crippen molar-refractivity contribution in [2.75, 3.05) is 26.3 Å². The third-order valence-corrected chi connectivity index (χ3v) is 5.89. The lowest BCUT2D eigenvalue weighted by atomic mass is 9.77. The highest BCUT2D eigenvalue weighted by Crippen LogP contribution is 2.57. The molecule has 4 N–H and O–H groups in total. The molecule has 0 radical (unpaired) electrons. The second kappa shape index (κ2) is 8.77. The van der Waals surface area contributed by atoms with E-state index in [1.54, 1.807) is 6.07 Å². The molecular formula is C26H26N2O5. The van der Waals surface area contributed by atoms with Gasteiger partial charge >= 0.3 is 5.97 Å². The molecule has 0 fully saturated rings. The zero-order valence-corrected chi connectivity index (χ0v) is 18.2. The molecule has 33 heavy (non-hydrogen) atoms. The summed E-state index contributed by atoms with van der Waals surface area (Å²) >= 11 is 0. The molecule has 2 heterocycles. The minimum Gasteiger partial charge on any atom is -0.493 e. The van der Waals surface area contributed by atoms with Crippen LogP contribution >= 0.6 is 0 Å². The fraction of sp³-hybridized carbons (Fsp3) is 0.269. The highest BCUT2D eigenvalue weighted by molar-refractivity contribution is 5.97. The van der Waals surface area contributed by atoms with Gasteiger partial charge in [-0.2, -0.15) is 0 Å². The second-order valence-electron chi connectivity index (χ2n) is 8.02. The first-order valence-corrected chi connectivity index (χ1v) is 11.1. The topological polar surface area (TPSA) is 106 Å². The molecule has 0 saturated heterocycles. The van der Waals surface area contributed by atoms with Crippen LogP contribution in [0.1, 0.15) is 39.9 Å². The van der Waals surface area contributed by atoms with Crippen LogP contribution in [0.5, 0.6) is 23.0 Å². The average molecular weight is 447 g/mol. The van der Waals surface area contributed by atoms with Crippen molar-refractivity contribution in [3.63, 3.8) is 0 Å². The summed E-state index contributed by atoms with van der Waals surface area (Å²) in [5.74, 6) is 2.09. The highest BCUT2D eigenvalue weighted by Gasteiger charge is 2.53. The quantitative estimate of drug-likeness (QED) is 0.401. The number of carbonyl (C=O) groups is 1. The summed E-state index contributed by atoms with van der Waals surface area (Å²) in [5.41, 5.74) is 12.9. The van der Waals surface area contributed by atoms with Gasteiger partial charge in [-0.05, 0) is 56.3 Å². The maximum absolute atomic E-state index is 12.9. The van der Waals surface area contributed by atoms with Gasteiger partial charge in [0.15, 0.2) is 5.60 Å². The van der Waals surface area contributed by atoms with E-state index >= 15 is 0 Å². The van der Waals surface area contributed by atoms with Crippen LogP contribution in [-0.2, 0) is 10.3 Å². The summed E-state index contributed by atoms with van der Waals surface area (Å²) in [6.07, 6.45) is 1.50. The number of rotatable bonds is 8. The summed E-state index contributed by atoms with van der Waals surface area (Å²) in [5, 5.41) is 0. The fourth-order valence-corrected chi connectivity index (χ4v) is 4.36. The molecule has 0 atom stereocenters. The van der Waals surface area contributed by atoms with Gasteiger partial charge in [0.2, 0.25) is 0 Å². The molecule has 2 aliphatic rings. The number of esters is 1. The molecule has 0 aromatic heterocycles. The van der Waals surface area contributed by atoms with Gasteiger partial charge in [0.25, 0.3) is 0 Å². The molecule has 2 aliphatic heterocycles. The Hall–Kier alpha value is -3.55. The predicted octanol–water partition coefficient (Wildman–Crippen LogP) is 3.71. The van der Waals surface area contributed by atoms with E-state index in [2.05, 4.69) is 0 Å². The van der Waals surface area contributed by atoms with Crippen molar-refractivity contribution in [3.8, 4) is 23.0 Å². The van der Waals surface area contributed by atoms with E-state index in [1.807, 2.05) is 54.6 Å². The summed E-state index contributed by atoms with van der Waals surface area (Å²) in [4.78, 5) is 12.9. The molecule has 1 spiro atoms.